The van der Waals surface area contributed by atoms with Gasteiger partial charge in [-0.3, -0.25) is 4.79 Å². The van der Waals surface area contributed by atoms with Gasteiger partial charge < -0.3 is 10.6 Å². The molecule has 0 radical (unpaired) electrons. The van der Waals surface area contributed by atoms with Gasteiger partial charge in [0.2, 0.25) is 0 Å². The van der Waals surface area contributed by atoms with E-state index in [1.807, 2.05) is 36.9 Å². The summed E-state index contributed by atoms with van der Waals surface area (Å²) in [6, 6.07) is 9.92. The Morgan fingerprint density at radius 3 is 2.48 bits per heavy atom. The molecule has 1 aliphatic rings. The average molecular weight is 280 g/mol. The summed E-state index contributed by atoms with van der Waals surface area (Å²) in [5, 5.41) is 0. The summed E-state index contributed by atoms with van der Waals surface area (Å²) in [7, 11) is 0. The first-order chi connectivity index (χ1) is 9.99. The minimum absolute atomic E-state index is 0.0781. The molecule has 0 atom stereocenters. The van der Waals surface area contributed by atoms with Gasteiger partial charge >= 0.3 is 0 Å². The maximum atomic E-state index is 13.0. The average Bonchev–Trinajstić information content (AvgIpc) is 2.82. The summed E-state index contributed by atoms with van der Waals surface area (Å²) < 4.78 is 0. The smallest absolute Gasteiger partial charge is 0.258 e. The number of amides is 1. The maximum Gasteiger partial charge on any atom is 0.258 e. The molecular formula is C18H20N2O. The first-order valence-electron chi connectivity index (χ1n) is 7.26. The van der Waals surface area contributed by atoms with Gasteiger partial charge in [-0.2, -0.15) is 0 Å². The largest absolute Gasteiger partial charge is 0.398 e. The van der Waals surface area contributed by atoms with Gasteiger partial charge in [0.25, 0.3) is 5.91 Å². The zero-order chi connectivity index (χ0) is 15.1. The molecule has 2 aromatic rings. The molecular weight excluding hydrogens is 260 g/mol. The van der Waals surface area contributed by atoms with Gasteiger partial charge in [0.1, 0.15) is 0 Å². The molecule has 3 rings (SSSR count). The zero-order valence-electron chi connectivity index (χ0n) is 12.7. The van der Waals surface area contributed by atoms with Crippen molar-refractivity contribution in [1.82, 2.24) is 0 Å². The zero-order valence-corrected chi connectivity index (χ0v) is 12.7. The number of fused-ring (bicyclic) bond motifs is 1. The summed E-state index contributed by atoms with van der Waals surface area (Å²) in [4.78, 5) is 14.8. The monoisotopic (exact) mass is 280 g/mol. The van der Waals surface area contributed by atoms with Crippen LogP contribution in [0, 0.1) is 20.8 Å². The lowest BCUT2D eigenvalue weighted by molar-refractivity contribution is 0.0988. The second-order valence-corrected chi connectivity index (χ2v) is 5.83. The molecule has 0 aliphatic carbocycles. The molecule has 21 heavy (non-hydrogen) atoms. The topological polar surface area (TPSA) is 46.3 Å². The number of nitrogens with zero attached hydrogens (tertiary/aromatic N) is 1. The van der Waals surface area contributed by atoms with E-state index >= 15 is 0 Å². The third kappa shape index (κ3) is 2.19. The Kier molecular flexibility index (Phi) is 3.20. The Labute approximate surface area is 125 Å². The molecule has 0 saturated heterocycles. The van der Waals surface area contributed by atoms with Gasteiger partial charge in [-0.15, -0.1) is 0 Å². The molecule has 0 bridgehead atoms. The van der Waals surface area contributed by atoms with Crippen LogP contribution in [0.2, 0.25) is 0 Å². The Morgan fingerprint density at radius 1 is 1.14 bits per heavy atom. The highest BCUT2D eigenvalue weighted by molar-refractivity contribution is 6.09. The standard InChI is InChI=1S/C18H20N2O/c1-11-9-12(2)17(13(3)10-11)18(21)20-8-7-14-15(19)5-4-6-16(14)20/h4-6,9-10H,7-8,19H2,1-3H3. The Balaban J connectivity index is 2.05. The highest BCUT2D eigenvalue weighted by atomic mass is 16.2. The van der Waals surface area contributed by atoms with E-state index in [2.05, 4.69) is 19.1 Å². The fourth-order valence-corrected chi connectivity index (χ4v) is 3.32. The molecule has 3 heteroatoms. The first-order valence-corrected chi connectivity index (χ1v) is 7.26. The van der Waals surface area contributed by atoms with Gasteiger partial charge in [-0.1, -0.05) is 23.8 Å². The summed E-state index contributed by atoms with van der Waals surface area (Å²) in [5.74, 6) is 0.0781. The molecule has 0 spiro atoms. The molecule has 0 saturated carbocycles. The van der Waals surface area contributed by atoms with Gasteiger partial charge in [-0.25, -0.2) is 0 Å². The minimum atomic E-state index is 0.0781. The SMILES string of the molecule is Cc1cc(C)c(C(=O)N2CCc3c(N)cccc32)c(C)c1. The van der Waals surface area contributed by atoms with E-state index in [1.54, 1.807) is 0 Å². The highest BCUT2D eigenvalue weighted by Gasteiger charge is 2.28. The highest BCUT2D eigenvalue weighted by Crippen LogP contribution is 2.34. The quantitative estimate of drug-likeness (QED) is 0.814. The minimum Gasteiger partial charge on any atom is -0.398 e. The van der Waals surface area contributed by atoms with Crippen LogP contribution in [-0.2, 0) is 6.42 Å². The van der Waals surface area contributed by atoms with Gasteiger partial charge in [0.05, 0.1) is 0 Å². The fraction of sp³-hybridized carbons (Fsp3) is 0.278. The molecule has 2 N–H and O–H groups in total. The summed E-state index contributed by atoms with van der Waals surface area (Å²) >= 11 is 0. The van der Waals surface area contributed by atoms with Crippen LogP contribution in [-0.4, -0.2) is 12.5 Å². The fourth-order valence-electron chi connectivity index (χ4n) is 3.32. The first kappa shape index (κ1) is 13.7. The number of nitrogens with two attached hydrogens (primary N) is 1. The summed E-state index contributed by atoms with van der Waals surface area (Å²) in [6.07, 6.45) is 0.831. The van der Waals surface area contributed by atoms with Crippen LogP contribution in [0.15, 0.2) is 30.3 Å². The Morgan fingerprint density at radius 2 is 1.81 bits per heavy atom. The number of carbonyl (C=O) groups is 1. The van der Waals surface area contributed by atoms with Crippen molar-refractivity contribution >= 4 is 17.3 Å². The number of aryl methyl sites for hydroxylation is 3. The molecule has 0 aromatic heterocycles. The molecule has 1 heterocycles. The van der Waals surface area contributed by atoms with Crippen molar-refractivity contribution < 1.29 is 4.79 Å². The van der Waals surface area contributed by atoms with E-state index in [9.17, 15) is 4.79 Å². The number of rotatable bonds is 1. The summed E-state index contributed by atoms with van der Waals surface area (Å²) in [6.45, 7) is 6.77. The predicted molar refractivity (Wildman–Crippen MR) is 86.9 cm³/mol. The number of hydrogen-bond acceptors (Lipinski definition) is 2. The number of nitrogen functional groups attached to an aromatic ring is 1. The number of benzene rings is 2. The maximum absolute atomic E-state index is 13.0. The van der Waals surface area contributed by atoms with Crippen molar-refractivity contribution in [3.05, 3.63) is 58.1 Å². The molecule has 1 amide bonds. The number of carbonyl (C=O) groups excluding carboxylic acids is 1. The van der Waals surface area contributed by atoms with Crippen molar-refractivity contribution in [2.45, 2.75) is 27.2 Å². The van der Waals surface area contributed by atoms with Crippen molar-refractivity contribution in [2.75, 3.05) is 17.2 Å². The third-order valence-electron chi connectivity index (χ3n) is 4.20. The van der Waals surface area contributed by atoms with Crippen LogP contribution in [0.25, 0.3) is 0 Å². The van der Waals surface area contributed by atoms with Gasteiger partial charge in [0, 0.05) is 29.0 Å². The van der Waals surface area contributed by atoms with E-state index in [0.29, 0.717) is 6.54 Å². The molecule has 3 nitrogen and oxygen atoms in total. The molecule has 0 unspecified atom stereocenters. The van der Waals surface area contributed by atoms with Gasteiger partial charge in [-0.05, 0) is 50.5 Å². The second-order valence-electron chi connectivity index (χ2n) is 5.83. The van der Waals surface area contributed by atoms with Crippen molar-refractivity contribution in [1.29, 1.82) is 0 Å². The molecule has 108 valence electrons. The van der Waals surface area contributed by atoms with Crippen LogP contribution >= 0.6 is 0 Å². The van der Waals surface area contributed by atoms with Crippen LogP contribution < -0.4 is 10.6 Å². The molecule has 0 fully saturated rings. The van der Waals surface area contributed by atoms with Crippen molar-refractivity contribution in [3.63, 3.8) is 0 Å². The van der Waals surface area contributed by atoms with Gasteiger partial charge in [0.15, 0.2) is 0 Å². The predicted octanol–water partition coefficient (Wildman–Crippen LogP) is 3.40. The normalized spacial score (nSPS) is 13.4. The number of anilines is 2. The van der Waals surface area contributed by atoms with Crippen molar-refractivity contribution in [3.8, 4) is 0 Å². The van der Waals surface area contributed by atoms with Crippen LogP contribution in [0.4, 0.5) is 11.4 Å². The lowest BCUT2D eigenvalue weighted by Gasteiger charge is -2.20. The summed E-state index contributed by atoms with van der Waals surface area (Å²) in [5.41, 5.74) is 12.9. The van der Waals surface area contributed by atoms with E-state index in [4.69, 9.17) is 5.73 Å². The molecule has 1 aliphatic heterocycles. The van der Waals surface area contributed by atoms with E-state index in [-0.39, 0.29) is 5.91 Å². The van der Waals surface area contributed by atoms with Crippen LogP contribution in [0.1, 0.15) is 32.6 Å². The Bertz CT molecular complexity index is 711. The number of hydrogen-bond donors (Lipinski definition) is 1. The Hall–Kier alpha value is -2.29. The van der Waals surface area contributed by atoms with E-state index in [0.717, 1.165) is 40.0 Å². The second kappa shape index (κ2) is 4.92. The van der Waals surface area contributed by atoms with Crippen LogP contribution in [0.3, 0.4) is 0 Å². The molecule has 2 aromatic carbocycles. The van der Waals surface area contributed by atoms with Crippen LogP contribution in [0.5, 0.6) is 0 Å². The lowest BCUT2D eigenvalue weighted by Crippen LogP contribution is -2.30. The van der Waals surface area contributed by atoms with Crippen molar-refractivity contribution in [2.24, 2.45) is 0 Å². The van der Waals surface area contributed by atoms with E-state index < -0.39 is 0 Å². The lowest BCUT2D eigenvalue weighted by atomic mass is 9.98. The third-order valence-corrected chi connectivity index (χ3v) is 4.20. The van der Waals surface area contributed by atoms with E-state index in [1.165, 1.54) is 5.56 Å².